The molecular formula is C22H26N4O3. The highest BCUT2D eigenvalue weighted by molar-refractivity contribution is 5.94. The molecule has 3 aliphatic rings. The van der Waals surface area contributed by atoms with Gasteiger partial charge in [0.1, 0.15) is 12.5 Å². The summed E-state index contributed by atoms with van der Waals surface area (Å²) in [7, 11) is 0. The molecule has 5 rings (SSSR count). The third kappa shape index (κ3) is 4.06. The normalized spacial score (nSPS) is 20.9. The van der Waals surface area contributed by atoms with Gasteiger partial charge in [-0.25, -0.2) is 4.98 Å². The largest absolute Gasteiger partial charge is 0.480 e. The van der Waals surface area contributed by atoms with E-state index in [0.29, 0.717) is 24.3 Å². The average Bonchev–Trinajstić information content (AvgIpc) is 3.37. The first kappa shape index (κ1) is 18.4. The smallest absolute Gasteiger partial charge is 0.263 e. The molecule has 0 bridgehead atoms. The number of anilines is 2. The second kappa shape index (κ2) is 8.00. The Balaban J connectivity index is 1.07. The van der Waals surface area contributed by atoms with Crippen LogP contribution in [-0.4, -0.2) is 49.5 Å². The molecule has 1 amide bonds. The van der Waals surface area contributed by atoms with Crippen molar-refractivity contribution < 1.29 is 14.3 Å². The summed E-state index contributed by atoms with van der Waals surface area (Å²) in [5, 5.41) is 6.46. The highest BCUT2D eigenvalue weighted by atomic mass is 16.5. The van der Waals surface area contributed by atoms with Gasteiger partial charge in [0.05, 0.1) is 6.10 Å². The number of amides is 1. The van der Waals surface area contributed by atoms with E-state index in [2.05, 4.69) is 44.8 Å². The van der Waals surface area contributed by atoms with E-state index in [1.807, 2.05) is 12.1 Å². The number of nitrogens with one attached hydrogen (secondary N) is 2. The fourth-order valence-corrected chi connectivity index (χ4v) is 4.35. The highest BCUT2D eigenvalue weighted by Crippen LogP contribution is 2.30. The number of hydrogen-bond donors (Lipinski definition) is 2. The van der Waals surface area contributed by atoms with Gasteiger partial charge in [0, 0.05) is 12.6 Å². The van der Waals surface area contributed by atoms with E-state index in [-0.39, 0.29) is 18.6 Å². The lowest BCUT2D eigenvalue weighted by molar-refractivity contribution is -0.118. The van der Waals surface area contributed by atoms with Crippen LogP contribution >= 0.6 is 0 Å². The van der Waals surface area contributed by atoms with Crippen LogP contribution in [0.2, 0.25) is 0 Å². The summed E-state index contributed by atoms with van der Waals surface area (Å²) in [5.74, 6) is 1.74. The Labute approximate surface area is 170 Å². The lowest BCUT2D eigenvalue weighted by Crippen LogP contribution is -2.31. The molecule has 1 saturated heterocycles. The minimum absolute atomic E-state index is 0.0455. The van der Waals surface area contributed by atoms with E-state index in [1.165, 1.54) is 11.1 Å². The summed E-state index contributed by atoms with van der Waals surface area (Å²) >= 11 is 0. The van der Waals surface area contributed by atoms with E-state index < -0.39 is 0 Å². The van der Waals surface area contributed by atoms with Gasteiger partial charge >= 0.3 is 0 Å². The number of fused-ring (bicyclic) bond motifs is 2. The van der Waals surface area contributed by atoms with E-state index in [4.69, 9.17) is 9.47 Å². The summed E-state index contributed by atoms with van der Waals surface area (Å²) in [6, 6.07) is 13.1. The van der Waals surface area contributed by atoms with Crippen LogP contribution in [0, 0.1) is 0 Å². The number of aromatic nitrogens is 1. The third-order valence-corrected chi connectivity index (χ3v) is 5.86. The monoisotopic (exact) mass is 394 g/mol. The number of hydrogen-bond acceptors (Lipinski definition) is 6. The zero-order valence-corrected chi connectivity index (χ0v) is 16.4. The maximum absolute atomic E-state index is 11.5. The Morgan fingerprint density at radius 3 is 2.83 bits per heavy atom. The van der Waals surface area contributed by atoms with Crippen molar-refractivity contribution in [2.75, 3.05) is 36.6 Å². The number of pyridine rings is 1. The van der Waals surface area contributed by atoms with Gasteiger partial charge in [-0.1, -0.05) is 24.3 Å². The van der Waals surface area contributed by atoms with Crippen LogP contribution < -0.4 is 20.3 Å². The topological polar surface area (TPSA) is 75.7 Å². The maximum atomic E-state index is 11.5. The molecule has 1 aliphatic carbocycles. The third-order valence-electron chi connectivity index (χ3n) is 5.86. The number of rotatable bonds is 6. The number of ether oxygens (including phenoxy) is 2. The first-order chi connectivity index (χ1) is 14.2. The molecule has 1 atom stereocenters. The molecule has 2 N–H and O–H groups in total. The van der Waals surface area contributed by atoms with Crippen molar-refractivity contribution in [1.82, 2.24) is 10.3 Å². The molecule has 152 valence electrons. The second-order valence-electron chi connectivity index (χ2n) is 7.96. The molecule has 7 nitrogen and oxygen atoms in total. The minimum Gasteiger partial charge on any atom is -0.480 e. The Morgan fingerprint density at radius 1 is 1.17 bits per heavy atom. The van der Waals surface area contributed by atoms with Gasteiger partial charge in [0.15, 0.2) is 18.2 Å². The molecule has 0 saturated carbocycles. The van der Waals surface area contributed by atoms with Crippen LogP contribution in [0.4, 0.5) is 11.6 Å². The summed E-state index contributed by atoms with van der Waals surface area (Å²) < 4.78 is 11.3. The van der Waals surface area contributed by atoms with Gasteiger partial charge in [-0.3, -0.25) is 4.79 Å². The Kier molecular flexibility index (Phi) is 5.08. The quantitative estimate of drug-likeness (QED) is 0.731. The van der Waals surface area contributed by atoms with E-state index in [1.54, 1.807) is 0 Å². The molecule has 0 spiro atoms. The van der Waals surface area contributed by atoms with E-state index in [9.17, 15) is 4.79 Å². The Morgan fingerprint density at radius 2 is 2.00 bits per heavy atom. The molecule has 7 heteroatoms. The molecule has 2 aromatic rings. The lowest BCUT2D eigenvalue weighted by atomic mass is 10.1. The molecule has 1 aromatic carbocycles. The van der Waals surface area contributed by atoms with Crippen LogP contribution in [0.1, 0.15) is 24.0 Å². The Hall–Kier alpha value is -2.64. The summed E-state index contributed by atoms with van der Waals surface area (Å²) in [6.07, 6.45) is 4.59. The van der Waals surface area contributed by atoms with Gasteiger partial charge in [0.25, 0.3) is 5.91 Å². The molecule has 29 heavy (non-hydrogen) atoms. The molecule has 0 radical (unpaired) electrons. The zero-order chi connectivity index (χ0) is 19.6. The van der Waals surface area contributed by atoms with Crippen LogP contribution in [0.25, 0.3) is 0 Å². The van der Waals surface area contributed by atoms with Gasteiger partial charge in [-0.15, -0.1) is 0 Å². The lowest BCUT2D eigenvalue weighted by Gasteiger charge is -2.20. The number of carbonyl (C=O) groups excluding carboxylic acids is 1. The molecule has 1 unspecified atom stereocenters. The van der Waals surface area contributed by atoms with Gasteiger partial charge in [0.2, 0.25) is 0 Å². The molecule has 1 aromatic heterocycles. The first-order valence-corrected chi connectivity index (χ1v) is 10.3. The van der Waals surface area contributed by atoms with Crippen molar-refractivity contribution in [3.63, 3.8) is 0 Å². The van der Waals surface area contributed by atoms with Gasteiger partial charge in [-0.05, 0) is 55.5 Å². The first-order valence-electron chi connectivity index (χ1n) is 10.3. The van der Waals surface area contributed by atoms with Crippen LogP contribution in [-0.2, 0) is 22.4 Å². The number of benzene rings is 1. The Bertz CT molecular complexity index is 878. The molecule has 2 aliphatic heterocycles. The molecule has 1 fully saturated rings. The van der Waals surface area contributed by atoms with E-state index in [0.717, 1.165) is 44.6 Å². The molecule has 3 heterocycles. The van der Waals surface area contributed by atoms with Crippen molar-refractivity contribution in [1.29, 1.82) is 0 Å². The number of nitrogens with zero attached hydrogens (tertiary/aromatic N) is 2. The van der Waals surface area contributed by atoms with Crippen LogP contribution in [0.15, 0.2) is 36.4 Å². The van der Waals surface area contributed by atoms with Crippen molar-refractivity contribution in [3.05, 3.63) is 47.5 Å². The van der Waals surface area contributed by atoms with Crippen molar-refractivity contribution >= 4 is 17.5 Å². The van der Waals surface area contributed by atoms with Crippen LogP contribution in [0.5, 0.6) is 5.75 Å². The minimum atomic E-state index is -0.171. The van der Waals surface area contributed by atoms with E-state index >= 15 is 0 Å². The zero-order valence-electron chi connectivity index (χ0n) is 16.4. The summed E-state index contributed by atoms with van der Waals surface area (Å²) in [6.45, 7) is 2.40. The maximum Gasteiger partial charge on any atom is 0.263 e. The summed E-state index contributed by atoms with van der Waals surface area (Å²) in [4.78, 5) is 18.1. The predicted octanol–water partition coefficient (Wildman–Crippen LogP) is 2.11. The van der Waals surface area contributed by atoms with Crippen molar-refractivity contribution in [2.45, 2.75) is 37.8 Å². The average molecular weight is 394 g/mol. The fraction of sp³-hybridized carbons (Fsp3) is 0.455. The number of carbonyl (C=O) groups is 1. The SMILES string of the molecule is O=C1COc2ccc(N3COC(CCCNC4Cc5ccccc5C4)C3)nc2N1. The van der Waals surface area contributed by atoms with Gasteiger partial charge in [-0.2, -0.15) is 0 Å². The van der Waals surface area contributed by atoms with Crippen LogP contribution in [0.3, 0.4) is 0 Å². The highest BCUT2D eigenvalue weighted by Gasteiger charge is 2.26. The fourth-order valence-electron chi connectivity index (χ4n) is 4.35. The summed E-state index contributed by atoms with van der Waals surface area (Å²) in [5.41, 5.74) is 2.97. The second-order valence-corrected chi connectivity index (χ2v) is 7.96. The van der Waals surface area contributed by atoms with Crippen molar-refractivity contribution in [3.8, 4) is 5.75 Å². The predicted molar refractivity (Wildman–Crippen MR) is 110 cm³/mol. The van der Waals surface area contributed by atoms with Crippen molar-refractivity contribution in [2.24, 2.45) is 0 Å². The molecular weight excluding hydrogens is 368 g/mol. The standard InChI is InChI=1S/C22H26N4O3/c27-21-13-28-19-7-8-20(24-22(19)25-21)26-12-18(29-14-26)6-3-9-23-17-10-15-4-1-2-5-16(15)11-17/h1-2,4-5,7-8,17-18,23H,3,6,9-14H2,(H,24,25,27). The van der Waals surface area contributed by atoms with Gasteiger partial charge < -0.3 is 25.0 Å².